The van der Waals surface area contributed by atoms with Crippen LogP contribution in [-0.4, -0.2) is 72.0 Å². The average molecular weight is 929 g/mol. The standard InChI is InChI=1S/C51H56N6O9S/c1-34(2)64-48(62)57-42(46(60)54-39-24-16-9-17-25-39)32-35-26-28-40(29-27-35)65-47(61)53-31-30-41(56-49(63)66-50(3,4)5)45(59)55-43(44(52)58)33-67-51(36-18-10-6-11-19-36,37-20-12-7-13-21-37)38-22-14-8-15-23-38/h6-29,41-43H,1,30-33H2,2-5H3,(H2,52,58)(H,53,61)(H,54,60)(H,55,59)(H,56,63)(H,57,62)/t41-,42-,43-/m0/s1. The van der Waals surface area contributed by atoms with Crippen molar-refractivity contribution >= 4 is 53.5 Å². The Bertz CT molecular complexity index is 2360. The Hall–Kier alpha value is -7.59. The predicted octanol–water partition coefficient (Wildman–Crippen LogP) is 7.56. The number of primary amides is 1. The summed E-state index contributed by atoms with van der Waals surface area (Å²) in [5.41, 5.74) is 9.03. The highest BCUT2D eigenvalue weighted by molar-refractivity contribution is 8.00. The number of benzene rings is 5. The number of alkyl carbamates (subject to hydrolysis) is 2. The van der Waals surface area contributed by atoms with Crippen molar-refractivity contribution in [3.8, 4) is 5.75 Å². The molecule has 67 heavy (non-hydrogen) atoms. The van der Waals surface area contributed by atoms with Crippen LogP contribution in [0.4, 0.5) is 20.1 Å². The van der Waals surface area contributed by atoms with Gasteiger partial charge in [0, 0.05) is 24.4 Å². The largest absolute Gasteiger partial charge is 0.444 e. The molecular formula is C51H56N6O9S. The summed E-state index contributed by atoms with van der Waals surface area (Å²) in [6.45, 7) is 9.92. The molecular weight excluding hydrogens is 873 g/mol. The third kappa shape index (κ3) is 15.5. The number of carbonyl (C=O) groups excluding carboxylic acids is 6. The molecule has 0 unspecified atom stereocenters. The Morgan fingerprint density at radius 2 is 1.13 bits per heavy atom. The molecule has 0 aliphatic heterocycles. The Morgan fingerprint density at radius 3 is 1.63 bits per heavy atom. The molecule has 0 saturated heterocycles. The van der Waals surface area contributed by atoms with Crippen molar-refractivity contribution in [3.63, 3.8) is 0 Å². The van der Waals surface area contributed by atoms with Crippen LogP contribution >= 0.6 is 11.8 Å². The topological polar surface area (TPSA) is 216 Å². The summed E-state index contributed by atoms with van der Waals surface area (Å²) in [6.07, 6.45) is -2.67. The van der Waals surface area contributed by atoms with E-state index in [1.165, 1.54) is 30.8 Å². The minimum absolute atomic E-state index is 0.0435. The number of carbonyl (C=O) groups is 6. The number of ether oxygens (including phenoxy) is 3. The minimum atomic E-state index is -1.28. The molecule has 15 nitrogen and oxygen atoms in total. The van der Waals surface area contributed by atoms with Crippen LogP contribution in [0, 0.1) is 0 Å². The zero-order valence-electron chi connectivity index (χ0n) is 37.8. The van der Waals surface area contributed by atoms with Crippen molar-refractivity contribution in [1.82, 2.24) is 21.3 Å². The van der Waals surface area contributed by atoms with E-state index in [0.29, 0.717) is 11.3 Å². The number of thioether (sulfide) groups is 1. The van der Waals surface area contributed by atoms with E-state index in [0.717, 1.165) is 16.7 Å². The lowest BCUT2D eigenvalue weighted by Crippen LogP contribution is -2.55. The summed E-state index contributed by atoms with van der Waals surface area (Å²) in [5.74, 6) is -1.67. The van der Waals surface area contributed by atoms with Gasteiger partial charge in [0.1, 0.15) is 29.5 Å². The number of hydrogen-bond acceptors (Lipinski definition) is 10. The molecule has 0 aliphatic carbocycles. The number of allylic oxidation sites excluding steroid dienone is 1. The maximum atomic E-state index is 14.0. The van der Waals surface area contributed by atoms with Crippen LogP contribution in [0.25, 0.3) is 0 Å². The van der Waals surface area contributed by atoms with Crippen molar-refractivity contribution in [3.05, 3.63) is 180 Å². The summed E-state index contributed by atoms with van der Waals surface area (Å²) in [4.78, 5) is 78.7. The Kier molecular flexibility index (Phi) is 18.1. The SMILES string of the molecule is C=C(C)OC(=O)N[C@@H](Cc1ccc(OC(=O)NCC[C@H](NC(=O)OC(C)(C)C)C(=O)N[C@@H](CSC(c2ccccc2)(c2ccccc2)c2ccccc2)C(N)=O)cc1)C(=O)Nc1ccccc1. The molecule has 3 atom stereocenters. The van der Waals surface area contributed by atoms with Gasteiger partial charge in [-0.15, -0.1) is 11.8 Å². The average Bonchev–Trinajstić information content (AvgIpc) is 3.29. The van der Waals surface area contributed by atoms with Gasteiger partial charge >= 0.3 is 18.3 Å². The van der Waals surface area contributed by atoms with Crippen LogP contribution in [0.15, 0.2) is 158 Å². The number of para-hydroxylation sites is 1. The van der Waals surface area contributed by atoms with Gasteiger partial charge in [-0.1, -0.05) is 128 Å². The number of nitrogens with one attached hydrogen (secondary N) is 5. The highest BCUT2D eigenvalue weighted by Crippen LogP contribution is 2.48. The third-order valence-corrected chi connectivity index (χ3v) is 11.5. The summed E-state index contributed by atoms with van der Waals surface area (Å²) in [7, 11) is 0. The molecule has 5 rings (SSSR count). The fourth-order valence-corrected chi connectivity index (χ4v) is 8.42. The zero-order valence-corrected chi connectivity index (χ0v) is 38.6. The predicted molar refractivity (Wildman–Crippen MR) is 258 cm³/mol. The van der Waals surface area contributed by atoms with Gasteiger partial charge in [-0.3, -0.25) is 14.4 Å². The fraction of sp³-hybridized carbons (Fsp3) is 0.255. The van der Waals surface area contributed by atoms with Crippen LogP contribution < -0.4 is 37.1 Å². The van der Waals surface area contributed by atoms with Crippen LogP contribution in [0.1, 0.15) is 56.4 Å². The van der Waals surface area contributed by atoms with E-state index in [9.17, 15) is 28.8 Å². The van der Waals surface area contributed by atoms with Crippen molar-refractivity contribution in [2.45, 2.75) is 69.0 Å². The van der Waals surface area contributed by atoms with Crippen molar-refractivity contribution in [2.75, 3.05) is 17.6 Å². The van der Waals surface area contributed by atoms with E-state index in [2.05, 4.69) is 33.2 Å². The van der Waals surface area contributed by atoms with Crippen molar-refractivity contribution in [1.29, 1.82) is 0 Å². The first-order valence-corrected chi connectivity index (χ1v) is 22.4. The molecule has 0 fully saturated rings. The molecule has 6 amide bonds. The quantitative estimate of drug-likeness (QED) is 0.0333. The molecule has 0 heterocycles. The monoisotopic (exact) mass is 928 g/mol. The van der Waals surface area contributed by atoms with E-state index >= 15 is 0 Å². The van der Waals surface area contributed by atoms with Gasteiger partial charge in [0.15, 0.2) is 0 Å². The Labute approximate surface area is 394 Å². The summed E-state index contributed by atoms with van der Waals surface area (Å²) in [6, 6.07) is 41.0. The third-order valence-electron chi connectivity index (χ3n) is 9.87. The second-order valence-electron chi connectivity index (χ2n) is 16.3. The van der Waals surface area contributed by atoms with Crippen LogP contribution in [0.5, 0.6) is 5.75 Å². The van der Waals surface area contributed by atoms with E-state index in [1.807, 2.05) is 91.0 Å². The van der Waals surface area contributed by atoms with E-state index in [1.54, 1.807) is 63.2 Å². The summed E-state index contributed by atoms with van der Waals surface area (Å²) in [5, 5.41) is 13.2. The first-order chi connectivity index (χ1) is 32.0. The van der Waals surface area contributed by atoms with Gasteiger partial charge in [-0.25, -0.2) is 14.4 Å². The first-order valence-electron chi connectivity index (χ1n) is 21.5. The molecule has 0 spiro atoms. The molecule has 7 N–H and O–H groups in total. The Morgan fingerprint density at radius 1 is 0.627 bits per heavy atom. The summed E-state index contributed by atoms with van der Waals surface area (Å²) >= 11 is 1.43. The normalized spacial score (nSPS) is 12.5. The lowest BCUT2D eigenvalue weighted by atomic mass is 9.84. The van der Waals surface area contributed by atoms with Crippen LogP contribution in [-0.2, 0) is 35.0 Å². The van der Waals surface area contributed by atoms with Gasteiger partial charge in [0.25, 0.3) is 0 Å². The second-order valence-corrected chi connectivity index (χ2v) is 17.6. The molecule has 0 aromatic heterocycles. The van der Waals surface area contributed by atoms with E-state index in [4.69, 9.17) is 19.9 Å². The van der Waals surface area contributed by atoms with Crippen LogP contribution in [0.2, 0.25) is 0 Å². The lowest BCUT2D eigenvalue weighted by molar-refractivity contribution is -0.128. The maximum Gasteiger partial charge on any atom is 0.412 e. The lowest BCUT2D eigenvalue weighted by Gasteiger charge is -2.36. The van der Waals surface area contributed by atoms with Gasteiger partial charge < -0.3 is 46.5 Å². The van der Waals surface area contributed by atoms with E-state index in [-0.39, 0.29) is 36.6 Å². The number of nitrogens with two attached hydrogens (primary N) is 1. The van der Waals surface area contributed by atoms with Crippen molar-refractivity contribution < 1.29 is 43.0 Å². The van der Waals surface area contributed by atoms with Crippen molar-refractivity contribution in [2.24, 2.45) is 5.73 Å². The number of amides is 6. The molecule has 5 aromatic carbocycles. The maximum absolute atomic E-state index is 14.0. The molecule has 16 heteroatoms. The van der Waals surface area contributed by atoms with Gasteiger partial charge in [0.05, 0.1) is 10.5 Å². The minimum Gasteiger partial charge on any atom is -0.444 e. The van der Waals surface area contributed by atoms with Gasteiger partial charge in [-0.2, -0.15) is 0 Å². The first kappa shape index (κ1) is 50.4. The Balaban J connectivity index is 1.25. The molecule has 0 bridgehead atoms. The number of rotatable bonds is 20. The van der Waals surface area contributed by atoms with E-state index < -0.39 is 64.5 Å². The molecule has 350 valence electrons. The molecule has 5 aromatic rings. The zero-order chi connectivity index (χ0) is 48.4. The summed E-state index contributed by atoms with van der Waals surface area (Å²) < 4.78 is 15.1. The molecule has 0 saturated carbocycles. The van der Waals surface area contributed by atoms with Gasteiger partial charge in [-0.05, 0) is 80.6 Å². The highest BCUT2D eigenvalue weighted by Gasteiger charge is 2.39. The smallest absolute Gasteiger partial charge is 0.412 e. The van der Waals surface area contributed by atoms with Crippen LogP contribution in [0.3, 0.4) is 0 Å². The fourth-order valence-electron chi connectivity index (χ4n) is 6.84. The second kappa shape index (κ2) is 24.1. The molecule has 0 aliphatic rings. The molecule has 0 radical (unpaired) electrons. The number of hydrogen-bond donors (Lipinski definition) is 6. The van der Waals surface area contributed by atoms with Gasteiger partial charge in [0.2, 0.25) is 17.7 Å². The highest BCUT2D eigenvalue weighted by atomic mass is 32.2. The number of anilines is 1.